The topological polar surface area (TPSA) is 53.5 Å². The summed E-state index contributed by atoms with van der Waals surface area (Å²) in [5.74, 6) is 1.81. The largest absolute Gasteiger partial charge is 0.309 e. The van der Waals surface area contributed by atoms with Crippen LogP contribution in [0.25, 0.3) is 128 Å². The maximum Gasteiger partial charge on any atom is 0.164 e. The van der Waals surface area contributed by atoms with E-state index in [2.05, 4.69) is 238 Å². The molecule has 0 amide bonds. The Hall–Kier alpha value is -9.39. The molecule has 14 aromatic rings. The number of hydrogen-bond donors (Lipinski definition) is 0. The molecule has 0 radical (unpaired) electrons. The van der Waals surface area contributed by atoms with Crippen molar-refractivity contribution < 1.29 is 0 Å². The van der Waals surface area contributed by atoms with Crippen LogP contribution in [0.3, 0.4) is 0 Å². The Balaban J connectivity index is 0.924. The van der Waals surface area contributed by atoms with Gasteiger partial charge in [0.2, 0.25) is 0 Å². The summed E-state index contributed by atoms with van der Waals surface area (Å²) in [5, 5.41) is 7.32. The molecule has 0 aliphatic rings. The van der Waals surface area contributed by atoms with E-state index in [-0.39, 0.29) is 0 Å². The Labute approximate surface area is 397 Å². The van der Waals surface area contributed by atoms with Crippen LogP contribution in [0.4, 0.5) is 0 Å². The third-order valence-corrected chi connectivity index (χ3v) is 13.7. The van der Waals surface area contributed by atoms with Crippen LogP contribution in [0.2, 0.25) is 0 Å². The third kappa shape index (κ3) is 6.30. The van der Waals surface area contributed by atoms with Crippen LogP contribution >= 0.6 is 0 Å². The van der Waals surface area contributed by atoms with Crippen LogP contribution in [0.15, 0.2) is 243 Å². The highest BCUT2D eigenvalue weighted by atomic mass is 15.0. The van der Waals surface area contributed by atoms with E-state index in [0.717, 1.165) is 66.9 Å². The van der Waals surface area contributed by atoms with Crippen molar-refractivity contribution in [3.8, 4) is 62.4 Å². The maximum absolute atomic E-state index is 5.34. The van der Waals surface area contributed by atoms with E-state index in [1.54, 1.807) is 0 Å². The predicted octanol–water partition coefficient (Wildman–Crippen LogP) is 15.8. The lowest BCUT2D eigenvalue weighted by atomic mass is 10.0. The molecule has 0 spiro atoms. The minimum absolute atomic E-state index is 0.591. The van der Waals surface area contributed by atoms with Gasteiger partial charge in [-0.05, 0) is 77.9 Å². The van der Waals surface area contributed by atoms with Gasteiger partial charge in [-0.25, -0.2) is 15.0 Å². The van der Waals surface area contributed by atoms with E-state index in [4.69, 9.17) is 15.0 Å². The first-order valence-electron chi connectivity index (χ1n) is 23.4. The first-order valence-corrected chi connectivity index (χ1v) is 23.4. The number of benzene rings is 10. The molecule has 322 valence electrons. The zero-order chi connectivity index (χ0) is 45.4. The predicted molar refractivity (Wildman–Crippen MR) is 285 cm³/mol. The van der Waals surface area contributed by atoms with Crippen molar-refractivity contribution in [1.29, 1.82) is 0 Å². The second-order valence-corrected chi connectivity index (χ2v) is 17.6. The van der Waals surface area contributed by atoms with E-state index >= 15 is 0 Å². The molecule has 0 unspecified atom stereocenters. The van der Waals surface area contributed by atoms with Gasteiger partial charge >= 0.3 is 0 Å². The monoisotopic (exact) mass is 880 g/mol. The molecule has 0 aliphatic carbocycles. The number of rotatable bonds is 7. The van der Waals surface area contributed by atoms with E-state index in [0.29, 0.717) is 17.5 Å². The second-order valence-electron chi connectivity index (χ2n) is 17.6. The van der Waals surface area contributed by atoms with Crippen molar-refractivity contribution in [3.63, 3.8) is 0 Å². The van der Waals surface area contributed by atoms with Gasteiger partial charge in [-0.15, -0.1) is 0 Å². The molecule has 0 bridgehead atoms. The van der Waals surface area contributed by atoms with Crippen molar-refractivity contribution >= 4 is 65.4 Å². The highest BCUT2D eigenvalue weighted by molar-refractivity contribution is 6.11. The second kappa shape index (κ2) is 15.6. The van der Waals surface area contributed by atoms with Crippen LogP contribution < -0.4 is 0 Å². The summed E-state index contributed by atoms with van der Waals surface area (Å²) in [4.78, 5) is 15.8. The first kappa shape index (κ1) is 38.8. The Bertz CT molecular complexity index is 4000. The molecule has 4 aromatic heterocycles. The molecule has 6 nitrogen and oxygen atoms in total. The van der Waals surface area contributed by atoms with E-state index < -0.39 is 0 Å². The summed E-state index contributed by atoms with van der Waals surface area (Å²) in [5.41, 5.74) is 15.0. The summed E-state index contributed by atoms with van der Waals surface area (Å²) in [7, 11) is 0. The van der Waals surface area contributed by atoms with Crippen LogP contribution in [0, 0.1) is 0 Å². The number of aromatic nitrogens is 6. The van der Waals surface area contributed by atoms with Gasteiger partial charge in [-0.1, -0.05) is 176 Å². The number of fused-ring (bicyclic) bond motifs is 9. The highest BCUT2D eigenvalue weighted by Crippen LogP contribution is 2.39. The fourth-order valence-electron chi connectivity index (χ4n) is 10.5. The SMILES string of the molecule is c1ccc(-c2nc(-c3ccc(-c4ccc(-n5c6ccccc6c6ccccc65)cc4)cc3)nc(-c3cc(-n4c5ccccc5c5ccccc54)cc(-n4c5ccccc5c5ccccc54)c3)n2)cc1. The molecule has 0 N–H and O–H groups in total. The number of nitrogens with zero attached hydrogens (tertiary/aromatic N) is 6. The van der Waals surface area contributed by atoms with Gasteiger partial charge in [0.05, 0.1) is 33.1 Å². The minimum atomic E-state index is 0.591. The zero-order valence-corrected chi connectivity index (χ0v) is 37.3. The highest BCUT2D eigenvalue weighted by Gasteiger charge is 2.20. The van der Waals surface area contributed by atoms with Crippen molar-refractivity contribution in [2.75, 3.05) is 0 Å². The lowest BCUT2D eigenvalue weighted by Crippen LogP contribution is -2.03. The summed E-state index contributed by atoms with van der Waals surface area (Å²) in [6.07, 6.45) is 0. The van der Waals surface area contributed by atoms with Crippen LogP contribution in [0.5, 0.6) is 0 Å². The van der Waals surface area contributed by atoms with Crippen LogP contribution in [0.1, 0.15) is 0 Å². The van der Waals surface area contributed by atoms with Crippen molar-refractivity contribution in [2.45, 2.75) is 0 Å². The minimum Gasteiger partial charge on any atom is -0.309 e. The molecular weight excluding hydrogens is 841 g/mol. The Morgan fingerprint density at radius 1 is 0.203 bits per heavy atom. The molecule has 14 rings (SSSR count). The van der Waals surface area contributed by atoms with E-state index in [1.165, 1.54) is 43.4 Å². The molecule has 0 aliphatic heterocycles. The molecule has 0 saturated carbocycles. The molecular formula is C63H40N6. The van der Waals surface area contributed by atoms with Crippen LogP contribution in [-0.2, 0) is 0 Å². The lowest BCUT2D eigenvalue weighted by Gasteiger charge is -2.16. The van der Waals surface area contributed by atoms with Crippen LogP contribution in [-0.4, -0.2) is 28.7 Å². The summed E-state index contributed by atoms with van der Waals surface area (Å²) >= 11 is 0. The normalized spacial score (nSPS) is 11.8. The van der Waals surface area contributed by atoms with Crippen molar-refractivity contribution in [3.05, 3.63) is 243 Å². The van der Waals surface area contributed by atoms with Gasteiger partial charge in [0, 0.05) is 66.1 Å². The molecule has 0 atom stereocenters. The summed E-state index contributed by atoms with van der Waals surface area (Å²) in [6.45, 7) is 0. The Kier molecular flexibility index (Phi) is 8.79. The number of para-hydroxylation sites is 6. The molecule has 69 heavy (non-hydrogen) atoms. The van der Waals surface area contributed by atoms with Gasteiger partial charge in [0.1, 0.15) is 0 Å². The average molecular weight is 881 g/mol. The first-order chi connectivity index (χ1) is 34.2. The van der Waals surface area contributed by atoms with Crippen molar-refractivity contribution in [2.24, 2.45) is 0 Å². The molecule has 0 fully saturated rings. The van der Waals surface area contributed by atoms with E-state index in [9.17, 15) is 0 Å². The molecule has 4 heterocycles. The number of hydrogen-bond acceptors (Lipinski definition) is 3. The van der Waals surface area contributed by atoms with Gasteiger partial charge in [-0.2, -0.15) is 0 Å². The standard InChI is InChI=1S/C63H40N6/c1-2-16-43(17-3-1)61-64-62(44-32-30-41(31-33-44)42-34-36-46(37-35-42)67-55-24-10-4-18-49(55)50-19-5-11-25-56(50)67)66-63(65-61)45-38-47(68-57-26-12-6-20-51(57)52-21-7-13-27-58(52)68)40-48(39-45)69-59-28-14-8-22-53(59)54-23-9-15-29-60(54)69/h1-40H. The molecule has 0 saturated heterocycles. The van der Waals surface area contributed by atoms with Gasteiger partial charge < -0.3 is 13.7 Å². The summed E-state index contributed by atoms with van der Waals surface area (Å²) in [6, 6.07) is 86.3. The quantitative estimate of drug-likeness (QED) is 0.160. The smallest absolute Gasteiger partial charge is 0.164 e. The Morgan fingerprint density at radius 2 is 0.478 bits per heavy atom. The van der Waals surface area contributed by atoms with Gasteiger partial charge in [0.25, 0.3) is 0 Å². The molecule has 6 heteroatoms. The third-order valence-electron chi connectivity index (χ3n) is 13.7. The summed E-state index contributed by atoms with van der Waals surface area (Å²) < 4.78 is 7.10. The van der Waals surface area contributed by atoms with Gasteiger partial charge in [-0.3, -0.25) is 0 Å². The average Bonchev–Trinajstić information content (AvgIpc) is 4.07. The van der Waals surface area contributed by atoms with E-state index in [1.807, 2.05) is 18.2 Å². The fourth-order valence-corrected chi connectivity index (χ4v) is 10.5. The Morgan fingerprint density at radius 3 is 0.855 bits per heavy atom. The van der Waals surface area contributed by atoms with Gasteiger partial charge in [0.15, 0.2) is 17.5 Å². The lowest BCUT2D eigenvalue weighted by molar-refractivity contribution is 1.07. The maximum atomic E-state index is 5.34. The fraction of sp³-hybridized carbons (Fsp3) is 0. The molecule has 10 aromatic carbocycles. The van der Waals surface area contributed by atoms with Crippen molar-refractivity contribution in [1.82, 2.24) is 28.7 Å². The zero-order valence-electron chi connectivity index (χ0n) is 37.3.